The molecule has 2 N–H and O–H groups in total. The average Bonchev–Trinajstić information content (AvgIpc) is 2.53. The van der Waals surface area contributed by atoms with Gasteiger partial charge in [0, 0.05) is 0 Å². The number of hydrogen-bond acceptors (Lipinski definition) is 2. The highest BCUT2D eigenvalue weighted by atomic mass is 16.4. The molecule has 102 valence electrons. The standard InChI is InChI=1S/C18H15BO2/c20-19(21)15-9-10-17-14(11-15)8-7-13-6-5-12-3-1-2-4-16(12)18(13)17/h1-4,7-11,20-21H,5-6H2. The minimum Gasteiger partial charge on any atom is -0.423 e. The second-order valence-electron chi connectivity index (χ2n) is 5.61. The monoisotopic (exact) mass is 274 g/mol. The highest BCUT2D eigenvalue weighted by molar-refractivity contribution is 6.58. The summed E-state index contributed by atoms with van der Waals surface area (Å²) < 4.78 is 0. The molecular formula is C18H15BO2. The molecule has 3 aromatic carbocycles. The molecule has 0 aromatic heterocycles. The van der Waals surface area contributed by atoms with E-state index in [4.69, 9.17) is 0 Å². The third kappa shape index (κ3) is 1.97. The fourth-order valence-electron chi connectivity index (χ4n) is 3.33. The molecule has 3 heteroatoms. The van der Waals surface area contributed by atoms with Gasteiger partial charge < -0.3 is 10.0 Å². The van der Waals surface area contributed by atoms with Crippen LogP contribution in [0.15, 0.2) is 54.6 Å². The van der Waals surface area contributed by atoms with Gasteiger partial charge in [-0.15, -0.1) is 0 Å². The fraction of sp³-hybridized carbons (Fsp3) is 0.111. The van der Waals surface area contributed by atoms with Crippen LogP contribution < -0.4 is 5.46 Å². The predicted molar refractivity (Wildman–Crippen MR) is 86.6 cm³/mol. The van der Waals surface area contributed by atoms with E-state index in [1.54, 1.807) is 6.07 Å². The number of rotatable bonds is 1. The van der Waals surface area contributed by atoms with Gasteiger partial charge in [0.25, 0.3) is 0 Å². The van der Waals surface area contributed by atoms with Gasteiger partial charge in [0.1, 0.15) is 0 Å². The van der Waals surface area contributed by atoms with Crippen molar-refractivity contribution in [1.82, 2.24) is 0 Å². The van der Waals surface area contributed by atoms with E-state index in [9.17, 15) is 10.0 Å². The second-order valence-corrected chi connectivity index (χ2v) is 5.61. The van der Waals surface area contributed by atoms with Gasteiger partial charge in [0.2, 0.25) is 0 Å². The summed E-state index contributed by atoms with van der Waals surface area (Å²) in [6.07, 6.45) is 2.15. The third-order valence-corrected chi connectivity index (χ3v) is 4.38. The Morgan fingerprint density at radius 1 is 0.810 bits per heavy atom. The summed E-state index contributed by atoms with van der Waals surface area (Å²) >= 11 is 0. The van der Waals surface area contributed by atoms with Crippen LogP contribution in [0.3, 0.4) is 0 Å². The molecule has 0 saturated heterocycles. The second kappa shape index (κ2) is 4.73. The molecule has 1 aliphatic rings. The molecule has 1 aliphatic carbocycles. The van der Waals surface area contributed by atoms with Gasteiger partial charge in [-0.25, -0.2) is 0 Å². The first-order valence-corrected chi connectivity index (χ1v) is 7.24. The largest absolute Gasteiger partial charge is 0.488 e. The molecule has 3 aromatic rings. The van der Waals surface area contributed by atoms with E-state index in [0.29, 0.717) is 5.46 Å². The molecule has 0 atom stereocenters. The maximum absolute atomic E-state index is 9.33. The Kier molecular flexibility index (Phi) is 2.84. The molecule has 0 fully saturated rings. The maximum atomic E-state index is 9.33. The lowest BCUT2D eigenvalue weighted by molar-refractivity contribution is 0.426. The van der Waals surface area contributed by atoms with Crippen LogP contribution in [0.25, 0.3) is 21.9 Å². The molecule has 0 amide bonds. The molecule has 0 spiro atoms. The van der Waals surface area contributed by atoms with Crippen molar-refractivity contribution in [2.45, 2.75) is 12.8 Å². The summed E-state index contributed by atoms with van der Waals surface area (Å²) in [7, 11) is -1.42. The Morgan fingerprint density at radius 2 is 1.62 bits per heavy atom. The number of hydrogen-bond donors (Lipinski definition) is 2. The van der Waals surface area contributed by atoms with Gasteiger partial charge in [-0.2, -0.15) is 0 Å². The Morgan fingerprint density at radius 3 is 2.48 bits per heavy atom. The first-order chi connectivity index (χ1) is 10.2. The first-order valence-electron chi connectivity index (χ1n) is 7.24. The van der Waals surface area contributed by atoms with Gasteiger partial charge in [-0.05, 0) is 51.3 Å². The highest BCUT2D eigenvalue weighted by Crippen LogP contribution is 2.38. The Labute approximate surface area is 123 Å². The van der Waals surface area contributed by atoms with Crippen LogP contribution in [0.5, 0.6) is 0 Å². The van der Waals surface area contributed by atoms with Crippen molar-refractivity contribution in [2.24, 2.45) is 0 Å². The quantitative estimate of drug-likeness (QED) is 0.668. The van der Waals surface area contributed by atoms with Crippen LogP contribution in [-0.2, 0) is 12.8 Å². The molecule has 0 heterocycles. The summed E-state index contributed by atoms with van der Waals surface area (Å²) in [5, 5.41) is 20.9. The zero-order chi connectivity index (χ0) is 14.4. The smallest absolute Gasteiger partial charge is 0.423 e. The molecule has 4 rings (SSSR count). The van der Waals surface area contributed by atoms with E-state index in [-0.39, 0.29) is 0 Å². The van der Waals surface area contributed by atoms with Crippen molar-refractivity contribution < 1.29 is 10.0 Å². The van der Waals surface area contributed by atoms with E-state index in [1.807, 2.05) is 12.1 Å². The van der Waals surface area contributed by atoms with E-state index in [1.165, 1.54) is 27.6 Å². The lowest BCUT2D eigenvalue weighted by Gasteiger charge is -2.22. The Balaban J connectivity index is 2.03. The molecule has 0 saturated carbocycles. The molecule has 0 bridgehead atoms. The average molecular weight is 274 g/mol. The Hall–Kier alpha value is -2.10. The van der Waals surface area contributed by atoms with Crippen molar-refractivity contribution in [2.75, 3.05) is 0 Å². The highest BCUT2D eigenvalue weighted by Gasteiger charge is 2.19. The lowest BCUT2D eigenvalue weighted by atomic mass is 9.77. The van der Waals surface area contributed by atoms with Crippen LogP contribution in [0, 0.1) is 0 Å². The van der Waals surface area contributed by atoms with Gasteiger partial charge in [0.15, 0.2) is 0 Å². The Bertz CT molecular complexity index is 840. The number of benzene rings is 3. The van der Waals surface area contributed by atoms with Crippen molar-refractivity contribution in [3.05, 3.63) is 65.7 Å². The minimum absolute atomic E-state index is 0.534. The van der Waals surface area contributed by atoms with Crippen LogP contribution >= 0.6 is 0 Å². The van der Waals surface area contributed by atoms with E-state index in [2.05, 4.69) is 36.4 Å². The molecular weight excluding hydrogens is 259 g/mol. The van der Waals surface area contributed by atoms with Gasteiger partial charge >= 0.3 is 7.12 Å². The third-order valence-electron chi connectivity index (χ3n) is 4.38. The normalized spacial score (nSPS) is 12.9. The van der Waals surface area contributed by atoms with E-state index < -0.39 is 7.12 Å². The van der Waals surface area contributed by atoms with Crippen molar-refractivity contribution in [1.29, 1.82) is 0 Å². The van der Waals surface area contributed by atoms with Crippen LogP contribution in [0.1, 0.15) is 11.1 Å². The molecule has 0 radical (unpaired) electrons. The molecule has 0 aliphatic heterocycles. The topological polar surface area (TPSA) is 40.5 Å². The van der Waals surface area contributed by atoms with Gasteiger partial charge in [-0.1, -0.05) is 54.6 Å². The predicted octanol–water partition coefficient (Wildman–Crippen LogP) is 2.29. The summed E-state index contributed by atoms with van der Waals surface area (Å²) in [4.78, 5) is 0. The maximum Gasteiger partial charge on any atom is 0.488 e. The van der Waals surface area contributed by atoms with Crippen molar-refractivity contribution in [3.63, 3.8) is 0 Å². The van der Waals surface area contributed by atoms with Crippen LogP contribution in [0.4, 0.5) is 0 Å². The minimum atomic E-state index is -1.42. The summed E-state index contributed by atoms with van der Waals surface area (Å²) in [6.45, 7) is 0. The van der Waals surface area contributed by atoms with E-state index >= 15 is 0 Å². The SMILES string of the molecule is OB(O)c1ccc2c3c(ccc2c1)CCc1ccccc1-3. The molecule has 21 heavy (non-hydrogen) atoms. The van der Waals surface area contributed by atoms with Crippen LogP contribution in [0.2, 0.25) is 0 Å². The molecule has 2 nitrogen and oxygen atoms in total. The summed E-state index contributed by atoms with van der Waals surface area (Å²) in [6, 6.07) is 18.5. The zero-order valence-electron chi connectivity index (χ0n) is 11.6. The summed E-state index contributed by atoms with van der Waals surface area (Å²) in [5.41, 5.74) is 5.91. The lowest BCUT2D eigenvalue weighted by Crippen LogP contribution is -2.29. The van der Waals surface area contributed by atoms with Crippen molar-refractivity contribution in [3.8, 4) is 11.1 Å². The number of fused-ring (bicyclic) bond motifs is 5. The van der Waals surface area contributed by atoms with Crippen LogP contribution in [-0.4, -0.2) is 17.2 Å². The van der Waals surface area contributed by atoms with Gasteiger partial charge in [0.05, 0.1) is 0 Å². The summed E-state index contributed by atoms with van der Waals surface area (Å²) in [5.74, 6) is 0. The zero-order valence-corrected chi connectivity index (χ0v) is 11.6. The number of aryl methyl sites for hydroxylation is 2. The van der Waals surface area contributed by atoms with E-state index in [0.717, 1.165) is 18.2 Å². The first kappa shape index (κ1) is 12.6. The molecule has 0 unspecified atom stereocenters. The van der Waals surface area contributed by atoms with Gasteiger partial charge in [-0.3, -0.25) is 0 Å². The van der Waals surface area contributed by atoms with Crippen molar-refractivity contribution >= 4 is 23.4 Å². The fourth-order valence-corrected chi connectivity index (χ4v) is 3.33.